The maximum absolute atomic E-state index is 12.4. The van der Waals surface area contributed by atoms with Gasteiger partial charge in [-0.25, -0.2) is 13.6 Å². The van der Waals surface area contributed by atoms with Crippen LogP contribution in [-0.4, -0.2) is 28.2 Å². The number of aliphatic hydroxyl groups excluding tert-OH is 1. The number of aliphatic carboxylic acids is 1. The summed E-state index contributed by atoms with van der Waals surface area (Å²) in [7, 11) is 0. The number of hydrogen-bond donors (Lipinski definition) is 2. The van der Waals surface area contributed by atoms with E-state index in [0.717, 1.165) is 0 Å². The minimum atomic E-state index is -2.80. The first-order valence-electron chi connectivity index (χ1n) is 3.56. The Kier molecular flexibility index (Phi) is 1.87. The molecule has 2 N–H and O–H groups in total. The van der Waals surface area contributed by atoms with Gasteiger partial charge < -0.3 is 10.2 Å². The van der Waals surface area contributed by atoms with Crippen molar-refractivity contribution in [2.75, 3.05) is 0 Å². The van der Waals surface area contributed by atoms with Crippen LogP contribution in [0.25, 0.3) is 0 Å². The number of aliphatic hydroxyl groups is 1. The van der Waals surface area contributed by atoms with E-state index in [0.29, 0.717) is 0 Å². The van der Waals surface area contributed by atoms with Crippen LogP contribution in [0.15, 0.2) is 0 Å². The summed E-state index contributed by atoms with van der Waals surface area (Å²) in [6, 6.07) is 0. The summed E-state index contributed by atoms with van der Waals surface area (Å²) >= 11 is 0. The van der Waals surface area contributed by atoms with E-state index in [1.807, 2.05) is 0 Å². The number of rotatable bonds is 2. The molecule has 0 aliphatic heterocycles. The van der Waals surface area contributed by atoms with E-state index in [4.69, 9.17) is 10.2 Å². The normalized spacial score (nSPS) is 27.3. The standard InChI is InChI=1S/C7H10F2O3/c1-6(4(10)5(11)12)2-7(8,9)3-6/h4,10H,2-3H2,1H3,(H,11,12). The molecule has 70 valence electrons. The van der Waals surface area contributed by atoms with Crippen molar-refractivity contribution < 1.29 is 23.8 Å². The number of carbonyl (C=O) groups is 1. The minimum absolute atomic E-state index is 0.548. The molecule has 1 unspecified atom stereocenters. The second-order valence-electron chi connectivity index (χ2n) is 3.60. The predicted octanol–water partition coefficient (Wildman–Crippen LogP) is 0.867. The maximum Gasteiger partial charge on any atom is 0.333 e. The van der Waals surface area contributed by atoms with Gasteiger partial charge in [-0.2, -0.15) is 0 Å². The molecule has 0 aromatic rings. The fourth-order valence-electron chi connectivity index (χ4n) is 1.62. The lowest BCUT2D eigenvalue weighted by molar-refractivity contribution is -0.202. The highest BCUT2D eigenvalue weighted by Gasteiger charge is 2.58. The Morgan fingerprint density at radius 1 is 1.50 bits per heavy atom. The van der Waals surface area contributed by atoms with Gasteiger partial charge in [-0.1, -0.05) is 6.92 Å². The smallest absolute Gasteiger partial charge is 0.333 e. The van der Waals surface area contributed by atoms with Gasteiger partial charge in [0.25, 0.3) is 0 Å². The Balaban J connectivity index is 2.60. The Morgan fingerprint density at radius 2 is 1.92 bits per heavy atom. The fourth-order valence-corrected chi connectivity index (χ4v) is 1.62. The Bertz CT molecular complexity index is 207. The molecule has 0 heterocycles. The van der Waals surface area contributed by atoms with Crippen molar-refractivity contribution in [2.45, 2.75) is 31.8 Å². The molecule has 5 heteroatoms. The van der Waals surface area contributed by atoms with Crippen molar-refractivity contribution >= 4 is 5.97 Å². The van der Waals surface area contributed by atoms with Gasteiger partial charge in [0.05, 0.1) is 0 Å². The fraction of sp³-hybridized carbons (Fsp3) is 0.857. The average molecular weight is 180 g/mol. The van der Waals surface area contributed by atoms with Gasteiger partial charge in [-0.05, 0) is 0 Å². The number of carboxylic acid groups (broad SMARTS) is 1. The van der Waals surface area contributed by atoms with E-state index in [1.165, 1.54) is 6.92 Å². The molecule has 3 nitrogen and oxygen atoms in total. The first kappa shape index (κ1) is 9.38. The highest BCUT2D eigenvalue weighted by Crippen LogP contribution is 2.53. The maximum atomic E-state index is 12.4. The highest BCUT2D eigenvalue weighted by atomic mass is 19.3. The SMILES string of the molecule is CC1(C(O)C(=O)O)CC(F)(F)C1. The van der Waals surface area contributed by atoms with Crippen LogP contribution in [-0.2, 0) is 4.79 Å². The zero-order chi connectivity index (χ0) is 9.57. The molecule has 1 atom stereocenters. The van der Waals surface area contributed by atoms with Crippen LogP contribution in [0.4, 0.5) is 8.78 Å². The Hall–Kier alpha value is -0.710. The predicted molar refractivity (Wildman–Crippen MR) is 35.9 cm³/mol. The van der Waals surface area contributed by atoms with E-state index < -0.39 is 36.3 Å². The van der Waals surface area contributed by atoms with Crippen LogP contribution >= 0.6 is 0 Å². The largest absolute Gasteiger partial charge is 0.479 e. The van der Waals surface area contributed by atoms with E-state index in [9.17, 15) is 13.6 Å². The molecular weight excluding hydrogens is 170 g/mol. The molecule has 1 fully saturated rings. The molecule has 0 aromatic carbocycles. The highest BCUT2D eigenvalue weighted by molar-refractivity contribution is 5.73. The lowest BCUT2D eigenvalue weighted by Crippen LogP contribution is -2.53. The van der Waals surface area contributed by atoms with Crippen molar-refractivity contribution in [3.8, 4) is 0 Å². The van der Waals surface area contributed by atoms with Gasteiger partial charge in [0, 0.05) is 18.3 Å². The summed E-state index contributed by atoms with van der Waals surface area (Å²) in [5, 5.41) is 17.4. The third-order valence-corrected chi connectivity index (χ3v) is 2.22. The molecule has 12 heavy (non-hydrogen) atoms. The van der Waals surface area contributed by atoms with Crippen LogP contribution in [0, 0.1) is 5.41 Å². The number of hydrogen-bond acceptors (Lipinski definition) is 2. The topological polar surface area (TPSA) is 57.5 Å². The van der Waals surface area contributed by atoms with E-state index in [2.05, 4.69) is 0 Å². The lowest BCUT2D eigenvalue weighted by atomic mass is 9.64. The molecule has 0 spiro atoms. The summed E-state index contributed by atoms with van der Waals surface area (Å²) in [5.41, 5.74) is -1.16. The van der Waals surface area contributed by atoms with Gasteiger partial charge in [-0.15, -0.1) is 0 Å². The summed E-state index contributed by atoms with van der Waals surface area (Å²) in [6.45, 7) is 1.35. The number of halogens is 2. The first-order valence-corrected chi connectivity index (χ1v) is 3.56. The third-order valence-electron chi connectivity index (χ3n) is 2.22. The van der Waals surface area contributed by atoms with Crippen molar-refractivity contribution in [1.29, 1.82) is 0 Å². The van der Waals surface area contributed by atoms with Gasteiger partial charge >= 0.3 is 5.97 Å². The van der Waals surface area contributed by atoms with Crippen LogP contribution < -0.4 is 0 Å². The van der Waals surface area contributed by atoms with Gasteiger partial charge in [0.1, 0.15) is 0 Å². The van der Waals surface area contributed by atoms with Crippen molar-refractivity contribution in [3.05, 3.63) is 0 Å². The monoisotopic (exact) mass is 180 g/mol. The molecular formula is C7H10F2O3. The van der Waals surface area contributed by atoms with Crippen LogP contribution in [0.2, 0.25) is 0 Å². The summed E-state index contributed by atoms with van der Waals surface area (Å²) < 4.78 is 24.7. The summed E-state index contributed by atoms with van der Waals surface area (Å²) in [5.74, 6) is -4.24. The minimum Gasteiger partial charge on any atom is -0.479 e. The Labute approximate surface area is 68.0 Å². The molecule has 0 bridgehead atoms. The van der Waals surface area contributed by atoms with E-state index >= 15 is 0 Å². The average Bonchev–Trinajstić information content (AvgIpc) is 1.81. The Morgan fingerprint density at radius 3 is 2.17 bits per heavy atom. The summed E-state index contributed by atoms with van der Waals surface area (Å²) in [6.07, 6.45) is -2.78. The molecule has 0 radical (unpaired) electrons. The van der Waals surface area contributed by atoms with Gasteiger partial charge in [0.15, 0.2) is 6.10 Å². The van der Waals surface area contributed by atoms with Crippen LogP contribution in [0.1, 0.15) is 19.8 Å². The molecule has 1 aliphatic carbocycles. The molecule has 1 rings (SSSR count). The molecule has 0 aromatic heterocycles. The van der Waals surface area contributed by atoms with Gasteiger partial charge in [0.2, 0.25) is 5.92 Å². The number of carboxylic acids is 1. The first-order chi connectivity index (χ1) is 5.27. The molecule has 0 amide bonds. The second-order valence-corrected chi connectivity index (χ2v) is 3.60. The van der Waals surface area contributed by atoms with Crippen molar-refractivity contribution in [3.63, 3.8) is 0 Å². The second kappa shape index (κ2) is 2.39. The van der Waals surface area contributed by atoms with Crippen molar-refractivity contribution in [1.82, 2.24) is 0 Å². The number of alkyl halides is 2. The third kappa shape index (κ3) is 1.41. The van der Waals surface area contributed by atoms with E-state index in [1.54, 1.807) is 0 Å². The molecule has 1 aliphatic rings. The van der Waals surface area contributed by atoms with Crippen molar-refractivity contribution in [2.24, 2.45) is 5.41 Å². The van der Waals surface area contributed by atoms with Crippen LogP contribution in [0.3, 0.4) is 0 Å². The molecule has 1 saturated carbocycles. The zero-order valence-electron chi connectivity index (χ0n) is 6.55. The lowest BCUT2D eigenvalue weighted by Gasteiger charge is -2.46. The van der Waals surface area contributed by atoms with Crippen LogP contribution in [0.5, 0.6) is 0 Å². The molecule has 0 saturated heterocycles. The van der Waals surface area contributed by atoms with Gasteiger partial charge in [-0.3, -0.25) is 0 Å². The zero-order valence-corrected chi connectivity index (χ0v) is 6.55. The summed E-state index contributed by atoms with van der Waals surface area (Å²) in [4.78, 5) is 10.3. The van der Waals surface area contributed by atoms with E-state index in [-0.39, 0.29) is 0 Å². The quantitative estimate of drug-likeness (QED) is 0.662.